The molecule has 1 heterocycles. The smallest absolute Gasteiger partial charge is 1.00 e. The molecule has 0 spiro atoms. The third kappa shape index (κ3) is 3.76. The zero-order valence-corrected chi connectivity index (χ0v) is 22.6. The second kappa shape index (κ2) is 9.53. The van der Waals surface area contributed by atoms with Crippen molar-refractivity contribution in [1.82, 2.24) is 0 Å². The first-order valence-electron chi connectivity index (χ1n) is 11.6. The van der Waals surface area contributed by atoms with Gasteiger partial charge >= 0.3 is 209 Å². The van der Waals surface area contributed by atoms with E-state index in [-0.39, 0.29) is 17.3 Å². The number of hydrogen-bond acceptors (Lipinski definition) is 0. The molecule has 0 N–H and O–H groups in total. The van der Waals surface area contributed by atoms with E-state index in [0.29, 0.717) is 7.25 Å². The SMILES string of the molecule is CP1C2=Cc3c(cccc3[CH]2[Zr+2][CH]2C=Cc3c(-c4ccccc4)cccc32)-c2ccccc21.[F-].[F-]. The monoisotopic (exact) mass is 554 g/mol. The minimum absolute atomic E-state index is 0. The van der Waals surface area contributed by atoms with Crippen LogP contribution in [0, 0.1) is 0 Å². The summed E-state index contributed by atoms with van der Waals surface area (Å²) in [5.74, 6) is 0. The van der Waals surface area contributed by atoms with Crippen LogP contribution >= 0.6 is 7.92 Å². The largest absolute Gasteiger partial charge is 1.00 e. The number of fused-ring (bicyclic) bond motifs is 3. The van der Waals surface area contributed by atoms with Crippen LogP contribution in [0.25, 0.3) is 34.4 Å². The molecule has 4 heteroatoms. The zero-order valence-electron chi connectivity index (χ0n) is 19.3. The predicted molar refractivity (Wildman–Crippen MR) is 139 cm³/mol. The number of benzene rings is 4. The molecular formula is C31H23F2PZr. The van der Waals surface area contributed by atoms with E-state index in [1.165, 1.54) is 33.4 Å². The summed E-state index contributed by atoms with van der Waals surface area (Å²) in [6, 6.07) is 34.0. The molecule has 0 radical (unpaired) electrons. The summed E-state index contributed by atoms with van der Waals surface area (Å²) in [4.78, 5) is 0. The summed E-state index contributed by atoms with van der Waals surface area (Å²) >= 11 is -0.821. The average Bonchev–Trinajstić information content (AvgIpc) is 3.42. The van der Waals surface area contributed by atoms with E-state index in [1.54, 1.807) is 21.7 Å². The molecule has 2 bridgehead atoms. The van der Waals surface area contributed by atoms with Crippen molar-refractivity contribution in [2.75, 3.05) is 6.66 Å². The molecule has 0 saturated carbocycles. The van der Waals surface area contributed by atoms with Crippen molar-refractivity contribution in [3.8, 4) is 22.3 Å². The number of hydrogen-bond donors (Lipinski definition) is 0. The Kier molecular flexibility index (Phi) is 6.60. The van der Waals surface area contributed by atoms with Crippen molar-refractivity contribution in [3.05, 3.63) is 125 Å². The molecule has 0 fully saturated rings. The van der Waals surface area contributed by atoms with Gasteiger partial charge in [0.2, 0.25) is 0 Å². The normalized spacial score (nSPS) is 19.9. The number of halogens is 2. The van der Waals surface area contributed by atoms with Gasteiger partial charge in [-0.1, -0.05) is 0 Å². The Bertz CT molecular complexity index is 1470. The van der Waals surface area contributed by atoms with Crippen molar-refractivity contribution in [2.45, 2.75) is 7.25 Å². The molecule has 0 nitrogen and oxygen atoms in total. The first kappa shape index (κ1) is 24.2. The molecule has 7 rings (SSSR count). The maximum atomic E-state index is 2.59. The van der Waals surface area contributed by atoms with Gasteiger partial charge in [0.25, 0.3) is 0 Å². The van der Waals surface area contributed by atoms with Crippen LogP contribution in [0.5, 0.6) is 0 Å². The molecular weight excluding hydrogens is 533 g/mol. The Balaban J connectivity index is 0.00000127. The summed E-state index contributed by atoms with van der Waals surface area (Å²) < 4.78 is 1.31. The van der Waals surface area contributed by atoms with E-state index in [2.05, 4.69) is 116 Å². The second-order valence-corrected chi connectivity index (χ2v) is 14.9. The summed E-state index contributed by atoms with van der Waals surface area (Å²) in [7, 11) is -0.287. The molecule has 0 amide bonds. The number of allylic oxidation sites excluding steroid dienone is 2. The third-order valence-electron chi connectivity index (χ3n) is 7.34. The Hall–Kier alpha value is -2.47. The van der Waals surface area contributed by atoms with E-state index in [9.17, 15) is 0 Å². The second-order valence-electron chi connectivity index (χ2n) is 9.06. The minimum atomic E-state index is -0.821. The molecule has 3 aliphatic rings. The van der Waals surface area contributed by atoms with Crippen LogP contribution in [0.4, 0.5) is 0 Å². The van der Waals surface area contributed by atoms with Gasteiger partial charge in [0.15, 0.2) is 0 Å². The molecule has 4 aromatic rings. The molecule has 3 unspecified atom stereocenters. The van der Waals surface area contributed by atoms with Crippen molar-refractivity contribution in [2.24, 2.45) is 0 Å². The Morgan fingerprint density at radius 3 is 2.17 bits per heavy atom. The fraction of sp³-hybridized carbons (Fsp3) is 0.0968. The van der Waals surface area contributed by atoms with Crippen LogP contribution in [0.3, 0.4) is 0 Å². The van der Waals surface area contributed by atoms with Gasteiger partial charge in [0.1, 0.15) is 0 Å². The fourth-order valence-corrected chi connectivity index (χ4v) is 13.8. The summed E-state index contributed by atoms with van der Waals surface area (Å²) in [5, 5.41) is 3.29. The fourth-order valence-electron chi connectivity index (χ4n) is 5.75. The van der Waals surface area contributed by atoms with Crippen molar-refractivity contribution in [3.63, 3.8) is 0 Å². The molecule has 3 atom stereocenters. The first-order valence-corrected chi connectivity index (χ1v) is 16.2. The predicted octanol–water partition coefficient (Wildman–Crippen LogP) is 2.03. The van der Waals surface area contributed by atoms with E-state index in [0.717, 1.165) is 0 Å². The van der Waals surface area contributed by atoms with E-state index < -0.39 is 23.2 Å². The summed E-state index contributed by atoms with van der Waals surface area (Å²) in [5.41, 5.74) is 11.7. The van der Waals surface area contributed by atoms with E-state index >= 15 is 0 Å². The standard InChI is InChI=1S/C16H12P.C15H11.2FH.Zr/c1-17-12-9-11-5-4-7-13(15(11)10-12)14-6-2-3-8-16(14)17;1-2-6-12(7-3-1)14-10-4-8-13-9-5-11-15(13)14;;;/h2-10H,1H3;1-11H;2*1H;/q;;;;+2/p-2. The van der Waals surface area contributed by atoms with Crippen LogP contribution in [0.2, 0.25) is 0 Å². The van der Waals surface area contributed by atoms with Crippen LogP contribution < -0.4 is 14.7 Å². The van der Waals surface area contributed by atoms with Gasteiger partial charge in [-0.2, -0.15) is 0 Å². The Morgan fingerprint density at radius 2 is 1.34 bits per heavy atom. The van der Waals surface area contributed by atoms with Gasteiger partial charge in [0, 0.05) is 0 Å². The van der Waals surface area contributed by atoms with E-state index in [1.807, 2.05) is 0 Å². The average molecular weight is 556 g/mol. The van der Waals surface area contributed by atoms with Gasteiger partial charge in [-0.3, -0.25) is 0 Å². The maximum Gasteiger partial charge on any atom is -1.00 e. The Labute approximate surface area is 217 Å². The zero-order chi connectivity index (χ0) is 21.9. The molecule has 0 saturated heterocycles. The van der Waals surface area contributed by atoms with Crippen molar-refractivity contribution >= 4 is 25.4 Å². The van der Waals surface area contributed by atoms with Gasteiger partial charge < -0.3 is 9.41 Å². The number of rotatable bonds is 3. The van der Waals surface area contributed by atoms with Crippen molar-refractivity contribution < 1.29 is 32.6 Å². The molecule has 0 aromatic heterocycles. The molecule has 4 aromatic carbocycles. The molecule has 170 valence electrons. The van der Waals surface area contributed by atoms with Gasteiger partial charge in [-0.05, 0) is 0 Å². The van der Waals surface area contributed by atoms with Crippen LogP contribution in [-0.4, -0.2) is 6.66 Å². The van der Waals surface area contributed by atoms with E-state index in [4.69, 9.17) is 0 Å². The molecule has 1 aliphatic heterocycles. The van der Waals surface area contributed by atoms with Crippen LogP contribution in [0.15, 0.2) is 102 Å². The van der Waals surface area contributed by atoms with Crippen LogP contribution in [-0.2, 0) is 23.2 Å². The summed E-state index contributed by atoms with van der Waals surface area (Å²) in [6.07, 6.45) is 7.52. The quantitative estimate of drug-likeness (QED) is 0.340. The third-order valence-corrected chi connectivity index (χ3v) is 14.7. The molecule has 35 heavy (non-hydrogen) atoms. The van der Waals surface area contributed by atoms with Gasteiger partial charge in [0.05, 0.1) is 0 Å². The Morgan fingerprint density at radius 1 is 0.657 bits per heavy atom. The topological polar surface area (TPSA) is 0 Å². The van der Waals surface area contributed by atoms with Crippen LogP contribution in [0.1, 0.15) is 29.5 Å². The minimum Gasteiger partial charge on any atom is -1.00 e. The first-order chi connectivity index (χ1) is 16.3. The van der Waals surface area contributed by atoms with Crippen molar-refractivity contribution in [1.29, 1.82) is 0 Å². The maximum absolute atomic E-state index is 2.59. The molecule has 2 aliphatic carbocycles. The van der Waals surface area contributed by atoms with Gasteiger partial charge in [-0.25, -0.2) is 0 Å². The van der Waals surface area contributed by atoms with Gasteiger partial charge in [-0.15, -0.1) is 0 Å². The summed E-state index contributed by atoms with van der Waals surface area (Å²) in [6.45, 7) is 2.49.